The lowest BCUT2D eigenvalue weighted by Crippen LogP contribution is -2.40. The normalized spacial score (nSPS) is 14.3. The van der Waals surface area contributed by atoms with Crippen LogP contribution in [0.5, 0.6) is 23.0 Å². The van der Waals surface area contributed by atoms with Crippen LogP contribution in [0.2, 0.25) is 0 Å². The van der Waals surface area contributed by atoms with Gasteiger partial charge in [-0.15, -0.1) is 0 Å². The van der Waals surface area contributed by atoms with Gasteiger partial charge in [-0.05, 0) is 60.9 Å². The van der Waals surface area contributed by atoms with Gasteiger partial charge in [0.15, 0.2) is 27.8 Å². The summed E-state index contributed by atoms with van der Waals surface area (Å²) in [6.45, 7) is 5.23. The lowest BCUT2D eigenvalue weighted by molar-refractivity contribution is -0.139. The summed E-state index contributed by atoms with van der Waals surface area (Å²) in [5, 5.41) is 0. The van der Waals surface area contributed by atoms with Crippen LogP contribution in [0, 0.1) is 0 Å². The standard InChI is InChI=1S/C34H32N2O8S/c1-6-42-33(39)30-20(2)35-34-36(31(30)24-13-15-26(44-21(3)37)28(18-24)41-5)32(38)29(45-34)17-23-12-14-25(27(16-23)40-4)43-19-22-10-8-7-9-11-22/h7-18,31H,6,19H2,1-5H3/b29-17+/t31-/m1/s1. The van der Waals surface area contributed by atoms with Crippen molar-refractivity contribution in [3.63, 3.8) is 0 Å². The minimum atomic E-state index is -0.869. The van der Waals surface area contributed by atoms with E-state index >= 15 is 0 Å². The van der Waals surface area contributed by atoms with Gasteiger partial charge in [0.2, 0.25) is 0 Å². The van der Waals surface area contributed by atoms with Gasteiger partial charge in [0, 0.05) is 6.92 Å². The summed E-state index contributed by atoms with van der Waals surface area (Å²) in [5.74, 6) is 0.474. The molecule has 10 nitrogen and oxygen atoms in total. The minimum absolute atomic E-state index is 0.147. The number of ether oxygens (including phenoxy) is 5. The maximum absolute atomic E-state index is 14.0. The molecule has 0 bridgehead atoms. The smallest absolute Gasteiger partial charge is 0.338 e. The fourth-order valence-electron chi connectivity index (χ4n) is 4.98. The van der Waals surface area contributed by atoms with Crippen molar-refractivity contribution in [2.24, 2.45) is 4.99 Å². The number of benzene rings is 3. The largest absolute Gasteiger partial charge is 0.493 e. The van der Waals surface area contributed by atoms with E-state index in [1.165, 1.54) is 29.9 Å². The van der Waals surface area contributed by atoms with Crippen LogP contribution in [0.25, 0.3) is 6.08 Å². The summed E-state index contributed by atoms with van der Waals surface area (Å²) in [7, 11) is 3.00. The van der Waals surface area contributed by atoms with Crippen LogP contribution >= 0.6 is 11.3 Å². The average molecular weight is 629 g/mol. The molecule has 0 amide bonds. The first-order valence-corrected chi connectivity index (χ1v) is 15.0. The topological polar surface area (TPSA) is 115 Å². The van der Waals surface area contributed by atoms with Gasteiger partial charge in [-0.1, -0.05) is 53.8 Å². The predicted molar refractivity (Wildman–Crippen MR) is 168 cm³/mol. The summed E-state index contributed by atoms with van der Waals surface area (Å²) < 4.78 is 29.6. The van der Waals surface area contributed by atoms with Crippen LogP contribution in [0.4, 0.5) is 0 Å². The lowest BCUT2D eigenvalue weighted by atomic mass is 9.95. The van der Waals surface area contributed by atoms with E-state index in [-0.39, 0.29) is 29.2 Å². The first-order chi connectivity index (χ1) is 21.7. The van der Waals surface area contributed by atoms with E-state index in [1.54, 1.807) is 57.4 Å². The van der Waals surface area contributed by atoms with E-state index in [0.29, 0.717) is 38.7 Å². The SMILES string of the molecule is CCOC(=O)C1=C(C)N=c2s/c(=C/c3ccc(OCc4ccccc4)c(OC)c3)c(=O)n2[C@@H]1c1ccc(OC(C)=O)c(OC)c1. The Labute approximate surface area is 263 Å². The van der Waals surface area contributed by atoms with E-state index in [1.807, 2.05) is 36.4 Å². The molecule has 2 heterocycles. The van der Waals surface area contributed by atoms with E-state index in [2.05, 4.69) is 4.99 Å². The summed E-state index contributed by atoms with van der Waals surface area (Å²) in [4.78, 5) is 43.9. The second kappa shape index (κ2) is 13.6. The number of carbonyl (C=O) groups excluding carboxylic acids is 2. The van der Waals surface area contributed by atoms with Crippen molar-refractivity contribution in [1.29, 1.82) is 0 Å². The number of nitrogens with zero attached hydrogens (tertiary/aromatic N) is 2. The van der Waals surface area contributed by atoms with Gasteiger partial charge in [-0.3, -0.25) is 14.2 Å². The highest BCUT2D eigenvalue weighted by atomic mass is 32.1. The molecule has 0 unspecified atom stereocenters. The minimum Gasteiger partial charge on any atom is -0.493 e. The Balaban J connectivity index is 1.58. The quantitative estimate of drug-likeness (QED) is 0.189. The third-order valence-corrected chi connectivity index (χ3v) is 7.98. The van der Waals surface area contributed by atoms with Crippen molar-refractivity contribution in [1.82, 2.24) is 4.57 Å². The van der Waals surface area contributed by atoms with Gasteiger partial charge >= 0.3 is 11.9 Å². The molecule has 0 aliphatic carbocycles. The van der Waals surface area contributed by atoms with Crippen molar-refractivity contribution in [3.05, 3.63) is 114 Å². The van der Waals surface area contributed by atoms with E-state index < -0.39 is 18.0 Å². The molecule has 0 saturated heterocycles. The Morgan fingerprint density at radius 2 is 1.67 bits per heavy atom. The number of rotatable bonds is 10. The molecule has 0 saturated carbocycles. The van der Waals surface area contributed by atoms with Gasteiger partial charge in [0.1, 0.15) is 6.61 Å². The number of methoxy groups -OCH3 is 2. The molecule has 0 fully saturated rings. The summed E-state index contributed by atoms with van der Waals surface area (Å²) in [6.07, 6.45) is 1.75. The number of hydrogen-bond acceptors (Lipinski definition) is 10. The molecule has 0 radical (unpaired) electrons. The molecule has 45 heavy (non-hydrogen) atoms. The molecule has 0 spiro atoms. The number of aromatic nitrogens is 1. The van der Waals surface area contributed by atoms with Gasteiger partial charge in [0.05, 0.1) is 42.7 Å². The van der Waals surface area contributed by atoms with Gasteiger partial charge in [0.25, 0.3) is 5.56 Å². The second-order valence-corrected chi connectivity index (χ2v) is 11.0. The van der Waals surface area contributed by atoms with Crippen LogP contribution in [-0.2, 0) is 20.9 Å². The highest BCUT2D eigenvalue weighted by Crippen LogP contribution is 2.36. The molecule has 1 aliphatic heterocycles. The Bertz CT molecular complexity index is 1960. The second-order valence-electron chi connectivity index (χ2n) is 9.99. The van der Waals surface area contributed by atoms with Crippen molar-refractivity contribution < 1.29 is 33.3 Å². The molecule has 1 aromatic heterocycles. The van der Waals surface area contributed by atoms with Crippen LogP contribution in [0.1, 0.15) is 43.5 Å². The number of fused-ring (bicyclic) bond motifs is 1. The monoisotopic (exact) mass is 628 g/mol. The molecular formula is C34H32N2O8S. The number of allylic oxidation sites excluding steroid dienone is 1. The zero-order valence-corrected chi connectivity index (χ0v) is 26.3. The molecule has 3 aromatic carbocycles. The third-order valence-electron chi connectivity index (χ3n) is 7.00. The fraction of sp³-hybridized carbons (Fsp3) is 0.235. The third kappa shape index (κ3) is 6.68. The lowest BCUT2D eigenvalue weighted by Gasteiger charge is -2.25. The van der Waals surface area contributed by atoms with Crippen molar-refractivity contribution >= 4 is 29.4 Å². The highest BCUT2D eigenvalue weighted by molar-refractivity contribution is 7.07. The van der Waals surface area contributed by atoms with Crippen LogP contribution in [-0.4, -0.2) is 37.3 Å². The molecular weight excluding hydrogens is 596 g/mol. The molecule has 11 heteroatoms. The van der Waals surface area contributed by atoms with Crippen LogP contribution in [0.15, 0.2) is 87.8 Å². The van der Waals surface area contributed by atoms with Crippen LogP contribution < -0.4 is 33.8 Å². The fourth-order valence-corrected chi connectivity index (χ4v) is 6.03. The van der Waals surface area contributed by atoms with Gasteiger partial charge < -0.3 is 23.7 Å². The zero-order valence-electron chi connectivity index (χ0n) is 25.5. The first kappa shape index (κ1) is 31.3. The van der Waals surface area contributed by atoms with Crippen molar-refractivity contribution in [3.8, 4) is 23.0 Å². The summed E-state index contributed by atoms with van der Waals surface area (Å²) >= 11 is 1.20. The first-order valence-electron chi connectivity index (χ1n) is 14.1. The van der Waals surface area contributed by atoms with E-state index in [4.69, 9.17) is 23.7 Å². The molecule has 232 valence electrons. The molecule has 5 rings (SSSR count). The predicted octanol–water partition coefficient (Wildman–Crippen LogP) is 4.32. The number of thiazole rings is 1. The molecule has 0 N–H and O–H groups in total. The Morgan fingerprint density at radius 1 is 0.956 bits per heavy atom. The van der Waals surface area contributed by atoms with Gasteiger partial charge in [-0.25, -0.2) is 9.79 Å². The zero-order chi connectivity index (χ0) is 32.1. The summed E-state index contributed by atoms with van der Waals surface area (Å²) in [5.41, 5.74) is 2.60. The number of esters is 2. The Hall–Kier alpha value is -5.16. The highest BCUT2D eigenvalue weighted by Gasteiger charge is 2.34. The average Bonchev–Trinajstić information content (AvgIpc) is 3.33. The summed E-state index contributed by atoms with van der Waals surface area (Å²) in [6, 6.07) is 19.3. The van der Waals surface area contributed by atoms with Crippen molar-refractivity contribution in [2.75, 3.05) is 20.8 Å². The van der Waals surface area contributed by atoms with E-state index in [9.17, 15) is 14.4 Å². The van der Waals surface area contributed by atoms with E-state index in [0.717, 1.165) is 11.1 Å². The molecule has 1 aliphatic rings. The Morgan fingerprint density at radius 3 is 2.36 bits per heavy atom. The Kier molecular flexibility index (Phi) is 9.48. The maximum Gasteiger partial charge on any atom is 0.338 e. The number of carbonyl (C=O) groups is 2. The maximum atomic E-state index is 14.0. The van der Waals surface area contributed by atoms with Gasteiger partial charge in [-0.2, -0.15) is 0 Å². The molecule has 1 atom stereocenters. The number of hydrogen-bond donors (Lipinski definition) is 0. The van der Waals surface area contributed by atoms with Crippen molar-refractivity contribution in [2.45, 2.75) is 33.4 Å². The van der Waals surface area contributed by atoms with Crippen LogP contribution in [0.3, 0.4) is 0 Å². The molecule has 4 aromatic rings.